The number of nitrogens with one attached hydrogen (secondary N) is 1. The number of esters is 1. The molecule has 0 aliphatic heterocycles. The van der Waals surface area contributed by atoms with Gasteiger partial charge in [-0.05, 0) is 40.4 Å². The zero-order valence-electron chi connectivity index (χ0n) is 21.0. The molecule has 2 bridgehead atoms. The molecule has 1 unspecified atom stereocenters. The molecule has 0 aromatic heterocycles. The molecule has 2 aromatic rings. The van der Waals surface area contributed by atoms with E-state index in [0.717, 1.165) is 22.7 Å². The summed E-state index contributed by atoms with van der Waals surface area (Å²) in [7, 11) is -1.40. The lowest BCUT2D eigenvalue weighted by Crippen LogP contribution is -2.58. The standard InChI is InChI=1S/C28H33NO6Si/c1-36(2,3)11-10-34-27(32)25-22-15-23(31)24(21-14-18(30)8-9-20(21)22)26(25)29-28(33)35-19-12-16-6-4-5-7-17(16)13-19/h4-9,14,19,22,24-26,30H,10-13,15H2,1-3H3,(H,29,33)/t22?,24-,25-,26-/m1/s1. The molecule has 8 heteroatoms. The van der Waals surface area contributed by atoms with Crippen molar-refractivity contribution in [3.05, 3.63) is 64.7 Å². The number of benzene rings is 2. The summed E-state index contributed by atoms with van der Waals surface area (Å²) in [6.07, 6.45) is 0.551. The Bertz CT molecular complexity index is 1180. The lowest BCUT2D eigenvalue weighted by Gasteiger charge is -2.47. The molecule has 1 saturated carbocycles. The van der Waals surface area contributed by atoms with Crippen molar-refractivity contribution in [3.63, 3.8) is 0 Å². The third-order valence-corrected chi connectivity index (χ3v) is 9.40. The highest BCUT2D eigenvalue weighted by Crippen LogP contribution is 2.52. The quantitative estimate of drug-likeness (QED) is 0.446. The average molecular weight is 508 g/mol. The second-order valence-corrected chi connectivity index (χ2v) is 17.1. The molecule has 190 valence electrons. The third kappa shape index (κ3) is 4.78. The van der Waals surface area contributed by atoms with Gasteiger partial charge in [0.15, 0.2) is 0 Å². The minimum Gasteiger partial charge on any atom is -0.508 e. The Labute approximate surface area is 212 Å². The first kappa shape index (κ1) is 24.6. The van der Waals surface area contributed by atoms with Crippen LogP contribution in [0.3, 0.4) is 0 Å². The zero-order chi connectivity index (χ0) is 25.6. The van der Waals surface area contributed by atoms with Gasteiger partial charge in [0.1, 0.15) is 17.6 Å². The maximum atomic E-state index is 13.4. The van der Waals surface area contributed by atoms with Crippen LogP contribution >= 0.6 is 0 Å². The second kappa shape index (κ2) is 9.39. The monoisotopic (exact) mass is 507 g/mol. The Morgan fingerprint density at radius 1 is 1.03 bits per heavy atom. The van der Waals surface area contributed by atoms with E-state index in [1.54, 1.807) is 18.2 Å². The zero-order valence-corrected chi connectivity index (χ0v) is 22.0. The summed E-state index contributed by atoms with van der Waals surface area (Å²) >= 11 is 0. The Balaban J connectivity index is 1.37. The van der Waals surface area contributed by atoms with Gasteiger partial charge in [0.2, 0.25) is 0 Å². The number of rotatable bonds is 6. The molecule has 0 heterocycles. The molecule has 4 aliphatic carbocycles. The summed E-state index contributed by atoms with van der Waals surface area (Å²) in [4.78, 5) is 39.5. The van der Waals surface area contributed by atoms with E-state index in [-0.39, 0.29) is 24.1 Å². The van der Waals surface area contributed by atoms with E-state index in [4.69, 9.17) is 9.47 Å². The normalized spacial score (nSPS) is 24.7. The number of ketones is 1. The van der Waals surface area contributed by atoms with E-state index in [2.05, 4.69) is 25.0 Å². The fraction of sp³-hybridized carbons (Fsp3) is 0.464. The molecule has 1 amide bonds. The second-order valence-electron chi connectivity index (χ2n) is 11.4. The Morgan fingerprint density at radius 2 is 1.72 bits per heavy atom. The van der Waals surface area contributed by atoms with Crippen molar-refractivity contribution in [1.29, 1.82) is 0 Å². The van der Waals surface area contributed by atoms with Gasteiger partial charge in [-0.25, -0.2) is 4.79 Å². The van der Waals surface area contributed by atoms with E-state index in [1.807, 2.05) is 24.3 Å². The molecular weight excluding hydrogens is 474 g/mol. The fourth-order valence-electron chi connectivity index (χ4n) is 5.93. The van der Waals surface area contributed by atoms with Crippen LogP contribution in [0.1, 0.15) is 40.5 Å². The van der Waals surface area contributed by atoms with Gasteiger partial charge in [0, 0.05) is 33.3 Å². The smallest absolute Gasteiger partial charge is 0.407 e. The molecule has 0 radical (unpaired) electrons. The number of carbonyl (C=O) groups is 3. The van der Waals surface area contributed by atoms with Crippen LogP contribution in [-0.2, 0) is 31.9 Å². The molecule has 0 spiro atoms. The predicted molar refractivity (Wildman–Crippen MR) is 137 cm³/mol. The van der Waals surface area contributed by atoms with Gasteiger partial charge in [-0.15, -0.1) is 0 Å². The summed E-state index contributed by atoms with van der Waals surface area (Å²) in [5, 5.41) is 13.0. The first-order valence-electron chi connectivity index (χ1n) is 12.7. The van der Waals surface area contributed by atoms with Crippen molar-refractivity contribution in [2.75, 3.05) is 6.61 Å². The molecule has 4 atom stereocenters. The van der Waals surface area contributed by atoms with Crippen molar-refractivity contribution in [1.82, 2.24) is 5.32 Å². The molecule has 1 fully saturated rings. The molecule has 36 heavy (non-hydrogen) atoms. The van der Waals surface area contributed by atoms with Gasteiger partial charge in [0.25, 0.3) is 0 Å². The first-order valence-corrected chi connectivity index (χ1v) is 16.4. The van der Waals surface area contributed by atoms with Crippen LogP contribution in [0.5, 0.6) is 5.75 Å². The van der Waals surface area contributed by atoms with Crippen LogP contribution in [0.2, 0.25) is 25.7 Å². The molecule has 4 aliphatic rings. The maximum absolute atomic E-state index is 13.4. The van der Waals surface area contributed by atoms with Crippen LogP contribution in [0.25, 0.3) is 0 Å². The lowest BCUT2D eigenvalue weighted by molar-refractivity contribution is -0.152. The van der Waals surface area contributed by atoms with Crippen LogP contribution < -0.4 is 5.32 Å². The highest BCUT2D eigenvalue weighted by molar-refractivity contribution is 6.76. The predicted octanol–water partition coefficient (Wildman–Crippen LogP) is 4.31. The molecular formula is C28H33NO6Si. The minimum atomic E-state index is -1.40. The van der Waals surface area contributed by atoms with E-state index in [0.29, 0.717) is 25.0 Å². The van der Waals surface area contributed by atoms with Gasteiger partial charge in [-0.1, -0.05) is 50.0 Å². The number of Topliss-reactive ketones (excluding diaryl/α,β-unsaturated/α-hetero) is 1. The van der Waals surface area contributed by atoms with Crippen LogP contribution in [-0.4, -0.2) is 49.8 Å². The largest absolute Gasteiger partial charge is 0.508 e. The van der Waals surface area contributed by atoms with Crippen LogP contribution in [0, 0.1) is 5.92 Å². The first-order chi connectivity index (χ1) is 17.1. The topological polar surface area (TPSA) is 102 Å². The van der Waals surface area contributed by atoms with Gasteiger partial charge in [0.05, 0.1) is 24.5 Å². The van der Waals surface area contributed by atoms with Crippen molar-refractivity contribution in [2.24, 2.45) is 5.92 Å². The number of fused-ring (bicyclic) bond motifs is 3. The van der Waals surface area contributed by atoms with Crippen molar-refractivity contribution < 1.29 is 29.0 Å². The van der Waals surface area contributed by atoms with E-state index >= 15 is 0 Å². The van der Waals surface area contributed by atoms with Gasteiger partial charge >= 0.3 is 12.1 Å². The number of ether oxygens (including phenoxy) is 2. The third-order valence-electron chi connectivity index (χ3n) is 7.69. The SMILES string of the molecule is C[Si](C)(C)CCOC(=O)[C@@H]1C2CC(=O)[C@@H](c3cc(O)ccc32)[C@H]1NC(=O)OC1Cc2ccccc2C1. The van der Waals surface area contributed by atoms with Gasteiger partial charge < -0.3 is 19.9 Å². The number of hydrogen-bond donors (Lipinski definition) is 2. The molecule has 7 nitrogen and oxygen atoms in total. The van der Waals surface area contributed by atoms with Crippen LogP contribution in [0.4, 0.5) is 4.79 Å². The number of carbonyl (C=O) groups excluding carboxylic acids is 3. The number of hydrogen-bond acceptors (Lipinski definition) is 6. The fourth-order valence-corrected chi connectivity index (χ4v) is 6.64. The molecule has 2 aromatic carbocycles. The Kier molecular flexibility index (Phi) is 6.40. The number of phenols is 1. The van der Waals surface area contributed by atoms with E-state index < -0.39 is 43.9 Å². The highest BCUT2D eigenvalue weighted by Gasteiger charge is 2.55. The van der Waals surface area contributed by atoms with Gasteiger partial charge in [-0.2, -0.15) is 0 Å². The summed E-state index contributed by atoms with van der Waals surface area (Å²) in [5.41, 5.74) is 3.86. The summed E-state index contributed by atoms with van der Waals surface area (Å²) in [6.45, 7) is 6.97. The molecule has 6 rings (SSSR count). The van der Waals surface area contributed by atoms with Crippen LogP contribution in [0.15, 0.2) is 42.5 Å². The molecule has 2 N–H and O–H groups in total. The summed E-state index contributed by atoms with van der Waals surface area (Å²) < 4.78 is 11.5. The number of phenolic OH excluding ortho intramolecular Hbond substituents is 1. The maximum Gasteiger partial charge on any atom is 0.407 e. The number of alkyl carbamates (subject to hydrolysis) is 1. The number of amides is 1. The number of aromatic hydroxyl groups is 1. The van der Waals surface area contributed by atoms with Crippen molar-refractivity contribution in [2.45, 2.75) is 68.9 Å². The lowest BCUT2D eigenvalue weighted by atomic mass is 9.58. The van der Waals surface area contributed by atoms with Gasteiger partial charge in [-0.3, -0.25) is 9.59 Å². The minimum absolute atomic E-state index is 0.0495. The Morgan fingerprint density at radius 3 is 2.39 bits per heavy atom. The average Bonchev–Trinajstić information content (AvgIpc) is 3.20. The van der Waals surface area contributed by atoms with E-state index in [1.165, 1.54) is 0 Å². The highest BCUT2D eigenvalue weighted by atomic mass is 28.3. The van der Waals surface area contributed by atoms with Crippen molar-refractivity contribution in [3.8, 4) is 5.75 Å². The summed E-state index contributed by atoms with van der Waals surface area (Å²) in [6, 6.07) is 13.0. The summed E-state index contributed by atoms with van der Waals surface area (Å²) in [5.74, 6) is -2.25. The Hall–Kier alpha value is -3.13. The molecule has 0 saturated heterocycles. The van der Waals surface area contributed by atoms with E-state index in [9.17, 15) is 19.5 Å². The van der Waals surface area contributed by atoms with Crippen molar-refractivity contribution >= 4 is 25.9 Å².